The Labute approximate surface area is 95.1 Å². The number of benzene rings is 1. The Morgan fingerprint density at radius 1 is 1.56 bits per heavy atom. The van der Waals surface area contributed by atoms with E-state index in [9.17, 15) is 4.39 Å². The molecule has 0 radical (unpaired) electrons. The highest BCUT2D eigenvalue weighted by molar-refractivity contribution is 5.28. The Morgan fingerprint density at radius 3 is 2.88 bits per heavy atom. The van der Waals surface area contributed by atoms with Gasteiger partial charge in [0.05, 0.1) is 6.07 Å². The monoisotopic (exact) mass is 218 g/mol. The highest BCUT2D eigenvalue weighted by Crippen LogP contribution is 2.28. The summed E-state index contributed by atoms with van der Waals surface area (Å²) >= 11 is 0. The van der Waals surface area contributed by atoms with Crippen molar-refractivity contribution >= 4 is 0 Å². The van der Waals surface area contributed by atoms with E-state index >= 15 is 0 Å². The molecule has 1 aliphatic rings. The third-order valence-corrected chi connectivity index (χ3v) is 2.97. The topological polar surface area (TPSA) is 35.8 Å². The quantitative estimate of drug-likeness (QED) is 0.843. The fourth-order valence-corrected chi connectivity index (χ4v) is 1.63. The van der Waals surface area contributed by atoms with Crippen LogP contribution < -0.4 is 5.32 Å². The summed E-state index contributed by atoms with van der Waals surface area (Å²) in [6, 6.07) is 6.75. The number of aryl methyl sites for hydroxylation is 1. The summed E-state index contributed by atoms with van der Waals surface area (Å²) in [5.74, 6) is 0.470. The van der Waals surface area contributed by atoms with E-state index in [0.717, 1.165) is 6.54 Å². The number of rotatable bonds is 4. The lowest BCUT2D eigenvalue weighted by Gasteiger charge is -2.12. The molecule has 1 saturated carbocycles. The molecule has 2 rings (SSSR count). The average Bonchev–Trinajstić information content (AvgIpc) is 3.08. The molecule has 1 aliphatic carbocycles. The van der Waals surface area contributed by atoms with Crippen LogP contribution in [0.3, 0.4) is 0 Å². The summed E-state index contributed by atoms with van der Waals surface area (Å²) in [5.41, 5.74) is 1.33. The van der Waals surface area contributed by atoms with Crippen LogP contribution in [-0.2, 0) is 0 Å². The number of hydrogen-bond acceptors (Lipinski definition) is 2. The first-order chi connectivity index (χ1) is 7.70. The summed E-state index contributed by atoms with van der Waals surface area (Å²) in [6.07, 6.45) is 2.49. The number of nitrogens with one attached hydrogen (secondary N) is 1. The molecular formula is C13H15FN2. The van der Waals surface area contributed by atoms with Crippen LogP contribution in [0.25, 0.3) is 0 Å². The van der Waals surface area contributed by atoms with Gasteiger partial charge in [-0.15, -0.1) is 0 Å². The SMILES string of the molecule is Cc1ccc(C(C#N)NCC2CC2)cc1F. The van der Waals surface area contributed by atoms with E-state index in [0.29, 0.717) is 17.0 Å². The first kappa shape index (κ1) is 11.1. The molecule has 1 aromatic carbocycles. The molecule has 1 N–H and O–H groups in total. The number of hydrogen-bond donors (Lipinski definition) is 1. The van der Waals surface area contributed by atoms with E-state index in [-0.39, 0.29) is 5.82 Å². The first-order valence-electron chi connectivity index (χ1n) is 5.59. The van der Waals surface area contributed by atoms with Crippen molar-refractivity contribution in [1.29, 1.82) is 5.26 Å². The van der Waals surface area contributed by atoms with Gasteiger partial charge in [0.25, 0.3) is 0 Å². The number of nitrogens with zero attached hydrogens (tertiary/aromatic N) is 1. The van der Waals surface area contributed by atoms with E-state index in [1.807, 2.05) is 6.07 Å². The van der Waals surface area contributed by atoms with Gasteiger partial charge in [-0.25, -0.2) is 4.39 Å². The lowest BCUT2D eigenvalue weighted by atomic mass is 10.1. The lowest BCUT2D eigenvalue weighted by molar-refractivity contribution is 0.580. The van der Waals surface area contributed by atoms with Gasteiger partial charge >= 0.3 is 0 Å². The van der Waals surface area contributed by atoms with E-state index in [2.05, 4.69) is 11.4 Å². The van der Waals surface area contributed by atoms with E-state index < -0.39 is 6.04 Å². The predicted octanol–water partition coefficient (Wildman–Crippen LogP) is 2.70. The van der Waals surface area contributed by atoms with Crippen LogP contribution in [0.1, 0.15) is 30.0 Å². The van der Waals surface area contributed by atoms with Gasteiger partial charge in [0.2, 0.25) is 0 Å². The van der Waals surface area contributed by atoms with Crippen LogP contribution in [0.2, 0.25) is 0 Å². The van der Waals surface area contributed by atoms with Gasteiger partial charge in [0, 0.05) is 0 Å². The second kappa shape index (κ2) is 4.63. The first-order valence-corrected chi connectivity index (χ1v) is 5.59. The number of halogens is 1. The van der Waals surface area contributed by atoms with E-state index in [1.165, 1.54) is 18.9 Å². The summed E-state index contributed by atoms with van der Waals surface area (Å²) in [7, 11) is 0. The van der Waals surface area contributed by atoms with Gasteiger partial charge < -0.3 is 0 Å². The minimum Gasteiger partial charge on any atom is -0.298 e. The van der Waals surface area contributed by atoms with Crippen molar-refractivity contribution < 1.29 is 4.39 Å². The zero-order valence-electron chi connectivity index (χ0n) is 9.33. The third kappa shape index (κ3) is 2.59. The van der Waals surface area contributed by atoms with Crippen LogP contribution in [0, 0.1) is 30.0 Å². The molecule has 16 heavy (non-hydrogen) atoms. The van der Waals surface area contributed by atoms with Crippen LogP contribution >= 0.6 is 0 Å². The zero-order chi connectivity index (χ0) is 11.5. The van der Waals surface area contributed by atoms with Crippen molar-refractivity contribution in [2.24, 2.45) is 5.92 Å². The Kier molecular flexibility index (Phi) is 3.21. The fraction of sp³-hybridized carbons (Fsp3) is 0.462. The molecule has 0 bridgehead atoms. The summed E-state index contributed by atoms with van der Waals surface area (Å²) < 4.78 is 13.3. The largest absolute Gasteiger partial charge is 0.298 e. The Bertz CT molecular complexity index is 418. The van der Waals surface area contributed by atoms with Crippen LogP contribution in [-0.4, -0.2) is 6.54 Å². The third-order valence-electron chi connectivity index (χ3n) is 2.97. The zero-order valence-corrected chi connectivity index (χ0v) is 9.33. The van der Waals surface area contributed by atoms with Crippen molar-refractivity contribution in [3.05, 3.63) is 35.1 Å². The van der Waals surface area contributed by atoms with Crippen LogP contribution in [0.5, 0.6) is 0 Å². The smallest absolute Gasteiger partial charge is 0.126 e. The maximum absolute atomic E-state index is 13.3. The average molecular weight is 218 g/mol. The van der Waals surface area contributed by atoms with Crippen molar-refractivity contribution in [3.8, 4) is 6.07 Å². The van der Waals surface area contributed by atoms with Crippen molar-refractivity contribution in [2.45, 2.75) is 25.8 Å². The van der Waals surface area contributed by atoms with Crippen molar-refractivity contribution in [2.75, 3.05) is 6.54 Å². The normalized spacial score (nSPS) is 16.8. The highest BCUT2D eigenvalue weighted by atomic mass is 19.1. The van der Waals surface area contributed by atoms with Gasteiger partial charge in [-0.05, 0) is 49.4 Å². The summed E-state index contributed by atoms with van der Waals surface area (Å²) in [5, 5.41) is 12.2. The highest BCUT2D eigenvalue weighted by Gasteiger charge is 2.22. The van der Waals surface area contributed by atoms with Crippen LogP contribution in [0.15, 0.2) is 18.2 Å². The molecule has 1 fully saturated rings. The molecule has 1 atom stereocenters. The molecule has 1 aromatic rings. The molecule has 3 heteroatoms. The minimum atomic E-state index is -0.393. The molecule has 0 spiro atoms. The lowest BCUT2D eigenvalue weighted by Crippen LogP contribution is -2.22. The van der Waals surface area contributed by atoms with Gasteiger partial charge in [0.1, 0.15) is 11.9 Å². The van der Waals surface area contributed by atoms with Gasteiger partial charge in [-0.3, -0.25) is 5.32 Å². The molecule has 2 nitrogen and oxygen atoms in total. The molecule has 0 saturated heterocycles. The number of nitriles is 1. The predicted molar refractivity (Wildman–Crippen MR) is 60.2 cm³/mol. The second-order valence-electron chi connectivity index (χ2n) is 4.42. The molecular weight excluding hydrogens is 203 g/mol. The standard InChI is InChI=1S/C13H15FN2/c1-9-2-5-11(6-12(9)14)13(7-15)16-8-10-3-4-10/h2,5-6,10,13,16H,3-4,8H2,1H3. The molecule has 0 aliphatic heterocycles. The maximum Gasteiger partial charge on any atom is 0.126 e. The summed E-state index contributed by atoms with van der Waals surface area (Å²) in [6.45, 7) is 2.58. The Hall–Kier alpha value is -1.40. The molecule has 1 unspecified atom stereocenters. The van der Waals surface area contributed by atoms with Crippen molar-refractivity contribution in [1.82, 2.24) is 5.32 Å². The minimum absolute atomic E-state index is 0.244. The van der Waals surface area contributed by atoms with E-state index in [4.69, 9.17) is 5.26 Å². The van der Waals surface area contributed by atoms with Gasteiger partial charge in [0.15, 0.2) is 0 Å². The molecule has 0 aromatic heterocycles. The molecule has 0 heterocycles. The molecule has 84 valence electrons. The Balaban J connectivity index is 2.06. The fourth-order valence-electron chi connectivity index (χ4n) is 1.63. The maximum atomic E-state index is 13.3. The Morgan fingerprint density at radius 2 is 2.31 bits per heavy atom. The molecule has 0 amide bonds. The van der Waals surface area contributed by atoms with Gasteiger partial charge in [-0.1, -0.05) is 12.1 Å². The van der Waals surface area contributed by atoms with Crippen LogP contribution in [0.4, 0.5) is 4.39 Å². The second-order valence-corrected chi connectivity index (χ2v) is 4.42. The van der Waals surface area contributed by atoms with Gasteiger partial charge in [-0.2, -0.15) is 5.26 Å². The van der Waals surface area contributed by atoms with Crippen molar-refractivity contribution in [3.63, 3.8) is 0 Å². The van der Waals surface area contributed by atoms with E-state index in [1.54, 1.807) is 13.0 Å². The summed E-state index contributed by atoms with van der Waals surface area (Å²) in [4.78, 5) is 0.